The summed E-state index contributed by atoms with van der Waals surface area (Å²) in [5, 5.41) is 3.32. The van der Waals surface area contributed by atoms with Crippen LogP contribution in [-0.2, 0) is 11.2 Å². The number of nitrogens with one attached hydrogen (secondary N) is 1. The smallest absolute Gasteiger partial charge is 0.0590 e. The van der Waals surface area contributed by atoms with Crippen LogP contribution in [0.1, 0.15) is 12.5 Å². The summed E-state index contributed by atoms with van der Waals surface area (Å²) in [6.07, 6.45) is 4.73. The molecule has 1 aromatic rings. The van der Waals surface area contributed by atoms with Crippen molar-refractivity contribution < 1.29 is 4.74 Å². The normalized spacial score (nSPS) is 10.4. The minimum Gasteiger partial charge on any atom is -0.380 e. The van der Waals surface area contributed by atoms with Crippen LogP contribution in [0, 0.1) is 0 Å². The van der Waals surface area contributed by atoms with Crippen LogP contribution < -0.4 is 5.32 Å². The third kappa shape index (κ3) is 4.94. The second-order valence-corrected chi connectivity index (χ2v) is 3.06. The van der Waals surface area contributed by atoms with Gasteiger partial charge in [-0.25, -0.2) is 0 Å². The van der Waals surface area contributed by atoms with E-state index in [4.69, 9.17) is 4.74 Å². The molecule has 0 aromatic carbocycles. The van der Waals surface area contributed by atoms with Gasteiger partial charge in [-0.2, -0.15) is 0 Å². The SMILES string of the molecule is CCOCCNCCc1cccnc1. The van der Waals surface area contributed by atoms with Gasteiger partial charge in [0.05, 0.1) is 6.61 Å². The second kappa shape index (κ2) is 7.47. The molecular weight excluding hydrogens is 176 g/mol. The monoisotopic (exact) mass is 194 g/mol. The van der Waals surface area contributed by atoms with Crippen molar-refractivity contribution in [2.45, 2.75) is 13.3 Å². The van der Waals surface area contributed by atoms with Crippen molar-refractivity contribution in [3.8, 4) is 0 Å². The Labute approximate surface area is 85.5 Å². The number of aromatic nitrogens is 1. The lowest BCUT2D eigenvalue weighted by Gasteiger charge is -2.04. The van der Waals surface area contributed by atoms with Gasteiger partial charge < -0.3 is 10.1 Å². The van der Waals surface area contributed by atoms with E-state index in [1.165, 1.54) is 5.56 Å². The lowest BCUT2D eigenvalue weighted by molar-refractivity contribution is 0.149. The van der Waals surface area contributed by atoms with E-state index in [0.29, 0.717) is 0 Å². The first-order chi connectivity index (χ1) is 6.93. The molecule has 0 amide bonds. The summed E-state index contributed by atoms with van der Waals surface area (Å²) in [5.41, 5.74) is 1.27. The Morgan fingerprint density at radius 2 is 2.36 bits per heavy atom. The molecule has 3 heteroatoms. The Bertz CT molecular complexity index is 226. The summed E-state index contributed by atoms with van der Waals surface area (Å²) in [7, 11) is 0. The van der Waals surface area contributed by atoms with Crippen LogP contribution in [0.2, 0.25) is 0 Å². The van der Waals surface area contributed by atoms with Gasteiger partial charge in [0.1, 0.15) is 0 Å². The third-order valence-electron chi connectivity index (χ3n) is 1.94. The lowest BCUT2D eigenvalue weighted by Crippen LogP contribution is -2.22. The van der Waals surface area contributed by atoms with Gasteiger partial charge >= 0.3 is 0 Å². The molecule has 0 spiro atoms. The van der Waals surface area contributed by atoms with Crippen molar-refractivity contribution >= 4 is 0 Å². The topological polar surface area (TPSA) is 34.1 Å². The van der Waals surface area contributed by atoms with E-state index in [2.05, 4.69) is 16.4 Å². The van der Waals surface area contributed by atoms with Crippen molar-refractivity contribution in [2.75, 3.05) is 26.3 Å². The maximum Gasteiger partial charge on any atom is 0.0590 e. The molecular formula is C11H18N2O. The molecule has 1 heterocycles. The van der Waals surface area contributed by atoms with Crippen molar-refractivity contribution in [3.05, 3.63) is 30.1 Å². The summed E-state index contributed by atoms with van der Waals surface area (Å²) >= 11 is 0. The van der Waals surface area contributed by atoms with Crippen molar-refractivity contribution in [1.82, 2.24) is 10.3 Å². The third-order valence-corrected chi connectivity index (χ3v) is 1.94. The van der Waals surface area contributed by atoms with Gasteiger partial charge in [-0.15, -0.1) is 0 Å². The highest BCUT2D eigenvalue weighted by molar-refractivity contribution is 5.08. The number of ether oxygens (including phenoxy) is 1. The Morgan fingerprint density at radius 1 is 1.43 bits per heavy atom. The molecule has 78 valence electrons. The summed E-state index contributed by atoms with van der Waals surface area (Å²) in [6, 6.07) is 4.06. The van der Waals surface area contributed by atoms with Crippen LogP contribution in [0.4, 0.5) is 0 Å². The van der Waals surface area contributed by atoms with Crippen molar-refractivity contribution in [3.63, 3.8) is 0 Å². The van der Waals surface area contributed by atoms with Crippen LogP contribution in [0.5, 0.6) is 0 Å². The van der Waals surface area contributed by atoms with Gasteiger partial charge in [0.2, 0.25) is 0 Å². The number of nitrogens with zero attached hydrogens (tertiary/aromatic N) is 1. The van der Waals surface area contributed by atoms with E-state index in [1.807, 2.05) is 19.2 Å². The largest absolute Gasteiger partial charge is 0.380 e. The molecule has 0 aliphatic rings. The maximum absolute atomic E-state index is 5.21. The Kier molecular flexibility index (Phi) is 5.95. The average Bonchev–Trinajstić information content (AvgIpc) is 2.25. The van der Waals surface area contributed by atoms with E-state index >= 15 is 0 Å². The lowest BCUT2D eigenvalue weighted by atomic mass is 10.2. The quantitative estimate of drug-likeness (QED) is 0.663. The number of rotatable bonds is 7. The van der Waals surface area contributed by atoms with E-state index in [-0.39, 0.29) is 0 Å². The molecule has 0 saturated carbocycles. The molecule has 1 rings (SSSR count). The van der Waals surface area contributed by atoms with E-state index in [9.17, 15) is 0 Å². The average molecular weight is 194 g/mol. The minimum atomic E-state index is 0.795. The summed E-state index contributed by atoms with van der Waals surface area (Å²) in [5.74, 6) is 0. The molecule has 0 aliphatic carbocycles. The molecule has 0 aliphatic heterocycles. The standard InChI is InChI=1S/C11H18N2O/c1-2-14-9-8-12-7-5-11-4-3-6-13-10-11/h3-4,6,10,12H,2,5,7-9H2,1H3. The first-order valence-electron chi connectivity index (χ1n) is 5.11. The van der Waals surface area contributed by atoms with Gasteiger partial charge in [-0.3, -0.25) is 4.98 Å². The fourth-order valence-electron chi connectivity index (χ4n) is 1.19. The molecule has 0 atom stereocenters. The van der Waals surface area contributed by atoms with E-state index in [1.54, 1.807) is 6.20 Å². The second-order valence-electron chi connectivity index (χ2n) is 3.06. The Morgan fingerprint density at radius 3 is 3.07 bits per heavy atom. The van der Waals surface area contributed by atoms with Gasteiger partial charge in [0.25, 0.3) is 0 Å². The molecule has 14 heavy (non-hydrogen) atoms. The highest BCUT2D eigenvalue weighted by Gasteiger charge is 1.91. The van der Waals surface area contributed by atoms with Gasteiger partial charge in [0, 0.05) is 25.5 Å². The zero-order valence-corrected chi connectivity index (χ0v) is 8.70. The van der Waals surface area contributed by atoms with Crippen LogP contribution >= 0.6 is 0 Å². The molecule has 0 bridgehead atoms. The number of hydrogen-bond acceptors (Lipinski definition) is 3. The molecule has 1 aromatic heterocycles. The van der Waals surface area contributed by atoms with Crippen LogP contribution in [0.25, 0.3) is 0 Å². The molecule has 0 fully saturated rings. The van der Waals surface area contributed by atoms with E-state index < -0.39 is 0 Å². The van der Waals surface area contributed by atoms with Crippen LogP contribution in [0.15, 0.2) is 24.5 Å². The zero-order chi connectivity index (χ0) is 10.1. The number of pyridine rings is 1. The number of hydrogen-bond donors (Lipinski definition) is 1. The molecule has 0 radical (unpaired) electrons. The summed E-state index contributed by atoms with van der Waals surface area (Å²) in [6.45, 7) is 5.51. The fraction of sp³-hybridized carbons (Fsp3) is 0.545. The van der Waals surface area contributed by atoms with Crippen LogP contribution in [0.3, 0.4) is 0 Å². The Balaban J connectivity index is 1.99. The Hall–Kier alpha value is -0.930. The van der Waals surface area contributed by atoms with Gasteiger partial charge in [0.15, 0.2) is 0 Å². The molecule has 3 nitrogen and oxygen atoms in total. The highest BCUT2D eigenvalue weighted by atomic mass is 16.5. The first-order valence-corrected chi connectivity index (χ1v) is 5.11. The summed E-state index contributed by atoms with van der Waals surface area (Å²) in [4.78, 5) is 4.06. The zero-order valence-electron chi connectivity index (χ0n) is 8.70. The highest BCUT2D eigenvalue weighted by Crippen LogP contribution is 1.94. The van der Waals surface area contributed by atoms with E-state index in [0.717, 1.165) is 32.7 Å². The van der Waals surface area contributed by atoms with Crippen LogP contribution in [-0.4, -0.2) is 31.3 Å². The minimum absolute atomic E-state index is 0.795. The fourth-order valence-corrected chi connectivity index (χ4v) is 1.19. The van der Waals surface area contributed by atoms with Gasteiger partial charge in [-0.05, 0) is 31.5 Å². The molecule has 0 unspecified atom stereocenters. The predicted molar refractivity (Wildman–Crippen MR) is 57.3 cm³/mol. The van der Waals surface area contributed by atoms with Crippen molar-refractivity contribution in [2.24, 2.45) is 0 Å². The van der Waals surface area contributed by atoms with Crippen molar-refractivity contribution in [1.29, 1.82) is 0 Å². The predicted octanol–water partition coefficient (Wildman–Crippen LogP) is 1.25. The maximum atomic E-state index is 5.21. The van der Waals surface area contributed by atoms with Gasteiger partial charge in [-0.1, -0.05) is 6.07 Å². The first kappa shape index (κ1) is 11.1. The molecule has 0 saturated heterocycles. The molecule has 1 N–H and O–H groups in total. The summed E-state index contributed by atoms with van der Waals surface area (Å²) < 4.78 is 5.21.